The Hall–Kier alpha value is -2.80. The third-order valence-electron chi connectivity index (χ3n) is 4.76. The van der Waals surface area contributed by atoms with E-state index in [1.54, 1.807) is 17.2 Å². The molecule has 4 aromatic rings. The van der Waals surface area contributed by atoms with E-state index in [-0.39, 0.29) is 0 Å². The van der Waals surface area contributed by atoms with Crippen LogP contribution in [0.5, 0.6) is 0 Å². The first kappa shape index (κ1) is 18.6. The van der Waals surface area contributed by atoms with Crippen LogP contribution in [-0.4, -0.2) is 24.7 Å². The second kappa shape index (κ2) is 8.06. The molecule has 0 unspecified atom stereocenters. The average molecular weight is 437 g/mol. The zero-order valence-corrected chi connectivity index (χ0v) is 17.5. The van der Waals surface area contributed by atoms with Gasteiger partial charge in [-0.15, -0.1) is 0 Å². The van der Waals surface area contributed by atoms with E-state index in [4.69, 9.17) is 0 Å². The Morgan fingerprint density at radius 3 is 2.46 bits per heavy atom. The van der Waals surface area contributed by atoms with E-state index in [9.17, 15) is 0 Å². The van der Waals surface area contributed by atoms with Gasteiger partial charge in [0, 0.05) is 32.5 Å². The summed E-state index contributed by atoms with van der Waals surface area (Å²) in [5.41, 5.74) is 4.49. The van der Waals surface area contributed by atoms with Gasteiger partial charge in [0.25, 0.3) is 0 Å². The van der Waals surface area contributed by atoms with Gasteiger partial charge >= 0.3 is 0 Å². The molecule has 1 aromatic carbocycles. The highest BCUT2D eigenvalue weighted by molar-refractivity contribution is 9.10. The molecule has 0 aliphatic heterocycles. The number of hydrogen-bond donors (Lipinski definition) is 0. The first-order valence-corrected chi connectivity index (χ1v) is 10.00. The van der Waals surface area contributed by atoms with Crippen molar-refractivity contribution in [3.63, 3.8) is 0 Å². The van der Waals surface area contributed by atoms with Crippen molar-refractivity contribution < 1.29 is 0 Å². The fourth-order valence-corrected chi connectivity index (χ4v) is 3.88. The molecule has 3 heterocycles. The largest absolute Gasteiger partial charge is 0.347 e. The Kier molecular flexibility index (Phi) is 5.34. The summed E-state index contributed by atoms with van der Waals surface area (Å²) >= 11 is 3.58. The summed E-state index contributed by atoms with van der Waals surface area (Å²) in [6.07, 6.45) is 6.32. The molecular formula is C21H21BrN6. The maximum atomic E-state index is 4.62. The molecule has 28 heavy (non-hydrogen) atoms. The van der Waals surface area contributed by atoms with E-state index in [0.717, 1.165) is 40.0 Å². The maximum absolute atomic E-state index is 4.62. The number of hydrogen-bond acceptors (Lipinski definition) is 5. The number of aryl methyl sites for hydroxylation is 2. The van der Waals surface area contributed by atoms with Gasteiger partial charge in [-0.25, -0.2) is 14.6 Å². The van der Waals surface area contributed by atoms with Gasteiger partial charge < -0.3 is 4.90 Å². The minimum Gasteiger partial charge on any atom is -0.347 e. The lowest BCUT2D eigenvalue weighted by atomic mass is 10.1. The van der Waals surface area contributed by atoms with E-state index < -0.39 is 0 Å². The molecule has 0 bridgehead atoms. The fourth-order valence-electron chi connectivity index (χ4n) is 3.28. The highest BCUT2D eigenvalue weighted by Crippen LogP contribution is 2.31. The van der Waals surface area contributed by atoms with Crippen LogP contribution in [0.3, 0.4) is 0 Å². The molecule has 0 radical (unpaired) electrons. The lowest BCUT2D eigenvalue weighted by Crippen LogP contribution is -2.23. The van der Waals surface area contributed by atoms with Crippen LogP contribution in [0.2, 0.25) is 0 Å². The number of benzene rings is 1. The van der Waals surface area contributed by atoms with Gasteiger partial charge in [0.15, 0.2) is 5.65 Å². The minimum absolute atomic E-state index is 0.691. The smallest absolute Gasteiger partial charge is 0.164 e. The number of rotatable bonds is 6. The second-order valence-electron chi connectivity index (χ2n) is 6.70. The summed E-state index contributed by atoms with van der Waals surface area (Å²) in [6.45, 7) is 3.59. The van der Waals surface area contributed by atoms with Crippen LogP contribution in [-0.2, 0) is 26.6 Å². The van der Waals surface area contributed by atoms with E-state index in [1.807, 2.05) is 19.3 Å². The molecule has 0 saturated heterocycles. The Bertz CT molecular complexity index is 1080. The first-order valence-electron chi connectivity index (χ1n) is 9.20. The molecule has 0 N–H and O–H groups in total. The lowest BCUT2D eigenvalue weighted by molar-refractivity contribution is 0.773. The van der Waals surface area contributed by atoms with Crippen LogP contribution in [0.4, 0.5) is 5.82 Å². The Morgan fingerprint density at radius 1 is 1.00 bits per heavy atom. The van der Waals surface area contributed by atoms with Crippen molar-refractivity contribution >= 4 is 32.8 Å². The summed E-state index contributed by atoms with van der Waals surface area (Å²) in [5, 5.41) is 5.38. The van der Waals surface area contributed by atoms with Gasteiger partial charge in [-0.05, 0) is 45.1 Å². The summed E-state index contributed by atoms with van der Waals surface area (Å²) in [6, 6.07) is 12.8. The Balaban J connectivity index is 1.76. The van der Waals surface area contributed by atoms with Crippen molar-refractivity contribution in [1.82, 2.24) is 24.7 Å². The van der Waals surface area contributed by atoms with Crippen molar-refractivity contribution in [1.29, 1.82) is 0 Å². The van der Waals surface area contributed by atoms with Gasteiger partial charge in [0.05, 0.1) is 5.39 Å². The SMILES string of the molecule is CCc1ccc(CN(Cc2cccnc2)c2ncnc3c2c(Br)nn3C)cc1. The summed E-state index contributed by atoms with van der Waals surface area (Å²) < 4.78 is 2.52. The zero-order chi connectivity index (χ0) is 19.5. The third kappa shape index (κ3) is 3.75. The summed E-state index contributed by atoms with van der Waals surface area (Å²) in [5.74, 6) is 0.855. The molecular weight excluding hydrogens is 416 g/mol. The number of halogens is 1. The third-order valence-corrected chi connectivity index (χ3v) is 5.31. The monoisotopic (exact) mass is 436 g/mol. The van der Waals surface area contributed by atoms with Crippen molar-refractivity contribution in [3.05, 3.63) is 76.4 Å². The normalized spacial score (nSPS) is 11.1. The number of nitrogens with zero attached hydrogens (tertiary/aromatic N) is 6. The van der Waals surface area contributed by atoms with E-state index in [2.05, 4.69) is 78.1 Å². The van der Waals surface area contributed by atoms with Crippen LogP contribution in [0.15, 0.2) is 59.7 Å². The summed E-state index contributed by atoms with van der Waals surface area (Å²) in [4.78, 5) is 15.5. The quantitative estimate of drug-likeness (QED) is 0.451. The van der Waals surface area contributed by atoms with Crippen molar-refractivity contribution in [2.75, 3.05) is 4.90 Å². The first-order chi connectivity index (χ1) is 13.7. The molecule has 4 rings (SSSR count). The van der Waals surface area contributed by atoms with Crippen LogP contribution in [0.25, 0.3) is 11.0 Å². The highest BCUT2D eigenvalue weighted by Gasteiger charge is 2.19. The standard InChI is InChI=1S/C21H21BrN6/c1-3-15-6-8-16(9-7-15)12-28(13-17-5-4-10-23-11-17)21-18-19(22)26-27(2)20(18)24-14-25-21/h4-11,14H,3,12-13H2,1-2H3. The minimum atomic E-state index is 0.691. The van der Waals surface area contributed by atoms with Gasteiger partial charge in [0.1, 0.15) is 16.7 Å². The predicted molar refractivity (Wildman–Crippen MR) is 114 cm³/mol. The predicted octanol–water partition coefficient (Wildman–Crippen LogP) is 4.29. The van der Waals surface area contributed by atoms with Crippen LogP contribution < -0.4 is 4.90 Å². The lowest BCUT2D eigenvalue weighted by Gasteiger charge is -2.24. The molecule has 0 aliphatic rings. The van der Waals surface area contributed by atoms with Gasteiger partial charge in [0.2, 0.25) is 0 Å². The van der Waals surface area contributed by atoms with Crippen LogP contribution in [0.1, 0.15) is 23.6 Å². The molecule has 0 spiro atoms. The summed E-state index contributed by atoms with van der Waals surface area (Å²) in [7, 11) is 1.89. The number of anilines is 1. The average Bonchev–Trinajstić information content (AvgIpc) is 3.03. The van der Waals surface area contributed by atoms with Gasteiger partial charge in [-0.2, -0.15) is 5.10 Å². The van der Waals surface area contributed by atoms with Crippen LogP contribution >= 0.6 is 15.9 Å². The number of aromatic nitrogens is 5. The molecule has 0 amide bonds. The number of pyridine rings is 1. The molecule has 7 heteroatoms. The highest BCUT2D eigenvalue weighted by atomic mass is 79.9. The van der Waals surface area contributed by atoms with Crippen molar-refractivity contribution in [2.24, 2.45) is 7.05 Å². The maximum Gasteiger partial charge on any atom is 0.164 e. The van der Waals surface area contributed by atoms with E-state index in [0.29, 0.717) is 6.54 Å². The van der Waals surface area contributed by atoms with E-state index >= 15 is 0 Å². The van der Waals surface area contributed by atoms with Crippen molar-refractivity contribution in [2.45, 2.75) is 26.4 Å². The number of fused-ring (bicyclic) bond motifs is 1. The van der Waals surface area contributed by atoms with Gasteiger partial charge in [-0.1, -0.05) is 37.3 Å². The topological polar surface area (TPSA) is 59.7 Å². The second-order valence-corrected chi connectivity index (χ2v) is 7.45. The molecule has 0 aliphatic carbocycles. The van der Waals surface area contributed by atoms with Crippen LogP contribution in [0, 0.1) is 0 Å². The molecule has 0 fully saturated rings. The fraction of sp³-hybridized carbons (Fsp3) is 0.238. The van der Waals surface area contributed by atoms with Gasteiger partial charge in [-0.3, -0.25) is 4.98 Å². The molecule has 0 saturated carbocycles. The Morgan fingerprint density at radius 2 is 1.75 bits per heavy atom. The molecule has 0 atom stereocenters. The zero-order valence-electron chi connectivity index (χ0n) is 15.9. The molecule has 6 nitrogen and oxygen atoms in total. The van der Waals surface area contributed by atoms with Crippen molar-refractivity contribution in [3.8, 4) is 0 Å². The molecule has 3 aromatic heterocycles. The Labute approximate surface area is 172 Å². The van der Waals surface area contributed by atoms with E-state index in [1.165, 1.54) is 11.1 Å². The molecule has 142 valence electrons.